The summed E-state index contributed by atoms with van der Waals surface area (Å²) in [6, 6.07) is 0. The van der Waals surface area contributed by atoms with Gasteiger partial charge in [0.15, 0.2) is 6.61 Å². The Balaban J connectivity index is 2.45. The van der Waals surface area contributed by atoms with Crippen molar-refractivity contribution in [2.45, 2.75) is 0 Å². The lowest BCUT2D eigenvalue weighted by molar-refractivity contribution is 0.0155. The lowest BCUT2D eigenvalue weighted by Gasteiger charge is -1.94. The molecule has 0 aromatic rings. The van der Waals surface area contributed by atoms with E-state index in [9.17, 15) is 0 Å². The number of hydrogen-bond donors (Lipinski definition) is 0. The Morgan fingerprint density at radius 1 is 1.71 bits per heavy atom. The molecule has 0 spiro atoms. The summed E-state index contributed by atoms with van der Waals surface area (Å²) in [5.41, 5.74) is 0. The molecule has 1 N–H and O–H groups in total. The van der Waals surface area contributed by atoms with Gasteiger partial charge in [0.2, 0.25) is 0 Å². The summed E-state index contributed by atoms with van der Waals surface area (Å²) in [5, 5.41) is 0. The van der Waals surface area contributed by atoms with Crippen LogP contribution < -0.4 is 0 Å². The summed E-state index contributed by atoms with van der Waals surface area (Å²) < 4.78 is 8.25. The number of aliphatic hydroxyl groups is 2. The summed E-state index contributed by atoms with van der Waals surface area (Å²) >= 11 is 0. The standard InChI is InChI=1S/C5H10O2/c1-3-7-5-4-6-2/h3,6H,1-2,4-5H2. The third-order valence-electron chi connectivity index (χ3n) is 0.485. The third-order valence-corrected chi connectivity index (χ3v) is 0.485. The van der Waals surface area contributed by atoms with Gasteiger partial charge in [0.1, 0.15) is 6.61 Å². The van der Waals surface area contributed by atoms with Crippen LogP contribution in [0.4, 0.5) is 0 Å². The maximum Gasteiger partial charge on any atom is 0.160 e. The zero-order valence-corrected chi connectivity index (χ0v) is 4.26. The van der Waals surface area contributed by atoms with Crippen molar-refractivity contribution in [1.82, 2.24) is 0 Å². The molecule has 0 radical (unpaired) electrons. The summed E-state index contributed by atoms with van der Waals surface area (Å²) in [7, 11) is 3.27. The van der Waals surface area contributed by atoms with Gasteiger partial charge in [0, 0.05) is 0 Å². The molecule has 0 aromatic carbocycles. The Kier molecular flexibility index (Phi) is 5.62. The first-order chi connectivity index (χ1) is 3.41. The first-order valence-electron chi connectivity index (χ1n) is 2.07. The fourth-order valence-electron chi connectivity index (χ4n) is 0.201. The molecule has 0 atom stereocenters. The summed E-state index contributed by atoms with van der Waals surface area (Å²) in [6.45, 7) is 5.98. The van der Waals surface area contributed by atoms with Crippen LogP contribution in [0.1, 0.15) is 0 Å². The van der Waals surface area contributed by atoms with Crippen molar-refractivity contribution < 1.29 is 9.47 Å². The van der Waals surface area contributed by atoms with Crippen LogP contribution in [-0.2, 0) is 4.74 Å². The Labute approximate surface area is 44.4 Å². The molecule has 7 heavy (non-hydrogen) atoms. The Morgan fingerprint density at radius 2 is 2.43 bits per heavy atom. The second kappa shape index (κ2) is 5.79. The van der Waals surface area contributed by atoms with Gasteiger partial charge in [-0.1, -0.05) is 7.11 Å². The van der Waals surface area contributed by atoms with E-state index in [1.54, 1.807) is 0 Å². The quantitative estimate of drug-likeness (QED) is 0.284. The molecule has 0 unspecified atom stereocenters. The van der Waals surface area contributed by atoms with Crippen LogP contribution >= 0.6 is 0 Å². The molecule has 0 saturated heterocycles. The van der Waals surface area contributed by atoms with Crippen molar-refractivity contribution in [3.8, 4) is 0 Å². The van der Waals surface area contributed by atoms with Gasteiger partial charge >= 0.3 is 0 Å². The van der Waals surface area contributed by atoms with Gasteiger partial charge in [0.05, 0.1) is 6.61 Å². The SMILES string of the molecule is [CH2-][CH+]OCC[OH+][CH2-]. The van der Waals surface area contributed by atoms with E-state index < -0.39 is 0 Å². The molecule has 0 aliphatic carbocycles. The molecule has 0 aliphatic heterocycles. The zero-order valence-electron chi connectivity index (χ0n) is 4.26. The van der Waals surface area contributed by atoms with Crippen LogP contribution in [0.5, 0.6) is 0 Å². The average molecular weight is 102 g/mol. The third kappa shape index (κ3) is 5.79. The summed E-state index contributed by atoms with van der Waals surface area (Å²) in [6.07, 6.45) is 0. The van der Waals surface area contributed by atoms with E-state index in [1.165, 1.54) is 6.61 Å². The topological polar surface area (TPSA) is 22.0 Å². The largest absolute Gasteiger partial charge is 0.580 e. The van der Waals surface area contributed by atoms with E-state index in [2.05, 4.69) is 18.8 Å². The van der Waals surface area contributed by atoms with E-state index in [1.807, 2.05) is 0 Å². The monoisotopic (exact) mass is 102 g/mol. The van der Waals surface area contributed by atoms with Crippen LogP contribution in [0, 0.1) is 20.6 Å². The minimum atomic E-state index is 0.590. The molecular weight excluding hydrogens is 92.1 g/mol. The first-order valence-corrected chi connectivity index (χ1v) is 2.07. The van der Waals surface area contributed by atoms with Gasteiger partial charge in [0.25, 0.3) is 0 Å². The van der Waals surface area contributed by atoms with Crippen molar-refractivity contribution in [3.05, 3.63) is 20.6 Å². The van der Waals surface area contributed by atoms with Crippen molar-refractivity contribution in [2.75, 3.05) is 13.2 Å². The zero-order chi connectivity index (χ0) is 5.54. The van der Waals surface area contributed by atoms with Crippen molar-refractivity contribution in [2.24, 2.45) is 0 Å². The lowest BCUT2D eigenvalue weighted by Crippen LogP contribution is -2.00. The van der Waals surface area contributed by atoms with Crippen LogP contribution in [0.25, 0.3) is 0 Å². The molecule has 2 heteroatoms. The lowest BCUT2D eigenvalue weighted by atomic mass is 10.7. The van der Waals surface area contributed by atoms with Crippen LogP contribution in [0.3, 0.4) is 0 Å². The first kappa shape index (κ1) is 6.79. The summed E-state index contributed by atoms with van der Waals surface area (Å²) in [4.78, 5) is 0. The molecule has 2 nitrogen and oxygen atoms in total. The van der Waals surface area contributed by atoms with Crippen molar-refractivity contribution >= 4 is 0 Å². The Hall–Kier alpha value is -0.210. The average Bonchev–Trinajstić information content (AvgIpc) is 1.69. The highest BCUT2D eigenvalue weighted by Crippen LogP contribution is 1.75. The maximum absolute atomic E-state index is 4.70. The van der Waals surface area contributed by atoms with E-state index in [0.29, 0.717) is 13.2 Å². The van der Waals surface area contributed by atoms with E-state index in [4.69, 9.17) is 4.74 Å². The van der Waals surface area contributed by atoms with Gasteiger partial charge in [-0.2, -0.15) is 0 Å². The van der Waals surface area contributed by atoms with Crippen LogP contribution in [-0.4, -0.2) is 18.0 Å². The molecule has 0 rings (SSSR count). The molecule has 0 fully saturated rings. The predicted molar refractivity (Wildman–Crippen MR) is 28.1 cm³/mol. The van der Waals surface area contributed by atoms with E-state index in [0.717, 1.165) is 0 Å². The number of rotatable bonds is 4. The van der Waals surface area contributed by atoms with Crippen molar-refractivity contribution in [1.29, 1.82) is 0 Å². The normalized spacial score (nSPS) is 8.86. The van der Waals surface area contributed by atoms with Crippen molar-refractivity contribution in [3.63, 3.8) is 0 Å². The minimum Gasteiger partial charge on any atom is -0.580 e. The highest BCUT2D eigenvalue weighted by atomic mass is 16.5. The van der Waals surface area contributed by atoms with Gasteiger partial charge in [-0.3, -0.25) is 0 Å². The van der Waals surface area contributed by atoms with Crippen LogP contribution in [0.2, 0.25) is 0 Å². The second-order valence-electron chi connectivity index (χ2n) is 0.985. The Bertz CT molecular complexity index is 25.3. The van der Waals surface area contributed by atoms with Gasteiger partial charge < -0.3 is 4.74 Å². The van der Waals surface area contributed by atoms with Crippen LogP contribution in [0.15, 0.2) is 0 Å². The van der Waals surface area contributed by atoms with E-state index >= 15 is 0 Å². The molecule has 0 aromatic heterocycles. The number of hydrogen-bond acceptors (Lipinski definition) is 1. The fraction of sp³-hybridized carbons (Fsp3) is 0.400. The number of ether oxygens (including phenoxy) is 2. The smallest absolute Gasteiger partial charge is 0.160 e. The van der Waals surface area contributed by atoms with Gasteiger partial charge in [-0.15, -0.1) is 6.92 Å². The highest BCUT2D eigenvalue weighted by molar-refractivity contribution is 4.48. The predicted octanol–water partition coefficient (Wildman–Crippen LogP) is 0.318. The minimum absolute atomic E-state index is 0.590. The van der Waals surface area contributed by atoms with E-state index in [-0.39, 0.29) is 0 Å². The molecule has 0 saturated carbocycles. The van der Waals surface area contributed by atoms with Gasteiger partial charge in [-0.25, -0.2) is 4.74 Å². The highest BCUT2D eigenvalue weighted by Gasteiger charge is 1.83. The second-order valence-corrected chi connectivity index (χ2v) is 0.985. The molecular formula is C5H10O2. The fourth-order valence-corrected chi connectivity index (χ4v) is 0.201. The molecule has 0 heterocycles. The molecule has 0 amide bonds. The summed E-state index contributed by atoms with van der Waals surface area (Å²) in [5.74, 6) is 0. The Morgan fingerprint density at radius 3 is 2.86 bits per heavy atom. The molecule has 42 valence electrons. The molecule has 0 aliphatic rings. The molecule has 0 bridgehead atoms. The van der Waals surface area contributed by atoms with Gasteiger partial charge in [-0.05, 0) is 0 Å². The maximum atomic E-state index is 4.70.